The zero-order valence-corrected chi connectivity index (χ0v) is 33.7. The van der Waals surface area contributed by atoms with E-state index in [4.69, 9.17) is 16.3 Å². The standard InChI is InChI=1S/C39H30ClF9N8O5S/c1-62-18-10-23(43)31-24(11-18)51-37(57(38(31)59)26-5-4-22(40)30-33(26)55(13-27(44)45)53-36(30)54-63(60,61)19-2-3-19)25(8-15-6-16(41)9-17(42)7-15)50-28(58)14-56-34-29(32(52-56)35(46)47)20-12-21(20)39(34,48)49/h4-7,9-11,19-21,25,27,35H,2-3,8,12-14H2,1H3,(H,50,58)(H,53,54)/t20-,21+,25-/m0/s1. The van der Waals surface area contributed by atoms with Crippen LogP contribution in [-0.4, -0.2) is 62.2 Å². The maximum atomic E-state index is 15.9. The molecule has 3 aliphatic carbocycles. The molecule has 6 aromatic rings. The summed E-state index contributed by atoms with van der Waals surface area (Å²) in [5.41, 5.74) is -4.90. The van der Waals surface area contributed by atoms with Crippen molar-refractivity contribution in [1.29, 1.82) is 0 Å². The lowest BCUT2D eigenvalue weighted by molar-refractivity contribution is -0.123. The van der Waals surface area contributed by atoms with E-state index in [2.05, 4.69) is 25.2 Å². The second kappa shape index (κ2) is 15.2. The van der Waals surface area contributed by atoms with Crippen LogP contribution in [-0.2, 0) is 40.3 Å². The van der Waals surface area contributed by atoms with Crippen LogP contribution >= 0.6 is 11.6 Å². The summed E-state index contributed by atoms with van der Waals surface area (Å²) < 4.78 is 168. The fourth-order valence-electron chi connectivity index (χ4n) is 8.34. The monoisotopic (exact) mass is 928 g/mol. The molecule has 2 N–H and O–H groups in total. The van der Waals surface area contributed by atoms with E-state index >= 15 is 13.2 Å². The molecule has 3 atom stereocenters. The van der Waals surface area contributed by atoms with Crippen molar-refractivity contribution in [3.05, 3.63) is 104 Å². The number of anilines is 1. The third-order valence-corrected chi connectivity index (χ3v) is 13.3. The molecule has 1 amide bonds. The highest BCUT2D eigenvalue weighted by atomic mass is 35.5. The molecule has 3 aromatic heterocycles. The number of halogens is 10. The number of alkyl halides is 6. The molecule has 3 aromatic carbocycles. The topological polar surface area (TPSA) is 155 Å². The summed E-state index contributed by atoms with van der Waals surface area (Å²) in [5.74, 6) is -11.6. The van der Waals surface area contributed by atoms with Gasteiger partial charge in [0.2, 0.25) is 15.9 Å². The first-order valence-electron chi connectivity index (χ1n) is 19.1. The number of benzene rings is 3. The van der Waals surface area contributed by atoms with Crippen LogP contribution in [0.15, 0.2) is 47.3 Å². The Morgan fingerprint density at radius 3 is 2.37 bits per heavy atom. The molecule has 0 radical (unpaired) electrons. The van der Waals surface area contributed by atoms with Crippen molar-refractivity contribution in [3.63, 3.8) is 0 Å². The van der Waals surface area contributed by atoms with Gasteiger partial charge in [0.25, 0.3) is 24.3 Å². The zero-order chi connectivity index (χ0) is 45.0. The Bertz CT molecular complexity index is 3050. The first-order chi connectivity index (χ1) is 29.8. The van der Waals surface area contributed by atoms with Gasteiger partial charge in [0.05, 0.1) is 45.5 Å². The molecule has 63 heavy (non-hydrogen) atoms. The number of hydrogen-bond acceptors (Lipinski definition) is 8. The number of aromatic nitrogens is 6. The number of fused-ring (bicyclic) bond motifs is 5. The van der Waals surface area contributed by atoms with E-state index in [1.807, 2.05) is 0 Å². The third-order valence-electron chi connectivity index (χ3n) is 11.2. The van der Waals surface area contributed by atoms with Crippen LogP contribution < -0.4 is 20.3 Å². The van der Waals surface area contributed by atoms with Crippen molar-refractivity contribution in [2.45, 2.75) is 74.8 Å². The lowest BCUT2D eigenvalue weighted by atomic mass is 10.0. The fraction of sp³-hybridized carbons (Fsp3) is 0.359. The highest BCUT2D eigenvalue weighted by molar-refractivity contribution is 7.93. The number of rotatable bonds is 14. The number of hydrogen-bond donors (Lipinski definition) is 2. The van der Waals surface area contributed by atoms with Gasteiger partial charge in [-0.15, -0.1) is 0 Å². The Kier molecular flexibility index (Phi) is 10.2. The molecule has 9 rings (SSSR count). The summed E-state index contributed by atoms with van der Waals surface area (Å²) >= 11 is 6.58. The van der Waals surface area contributed by atoms with Crippen molar-refractivity contribution in [2.24, 2.45) is 5.92 Å². The van der Waals surface area contributed by atoms with Crippen LogP contribution in [0.3, 0.4) is 0 Å². The average molecular weight is 929 g/mol. The summed E-state index contributed by atoms with van der Waals surface area (Å²) in [6.45, 7) is -2.33. The fourth-order valence-corrected chi connectivity index (χ4v) is 9.92. The molecule has 332 valence electrons. The van der Waals surface area contributed by atoms with E-state index in [1.165, 1.54) is 7.11 Å². The van der Waals surface area contributed by atoms with E-state index in [1.54, 1.807) is 0 Å². The minimum absolute atomic E-state index is 0.0670. The molecule has 0 bridgehead atoms. The number of nitrogens with zero attached hydrogens (tertiary/aromatic N) is 6. The summed E-state index contributed by atoms with van der Waals surface area (Å²) in [6.07, 6.45) is -6.56. The van der Waals surface area contributed by atoms with Gasteiger partial charge < -0.3 is 10.1 Å². The molecule has 0 aliphatic heterocycles. The van der Waals surface area contributed by atoms with Crippen LogP contribution in [0.2, 0.25) is 5.02 Å². The first-order valence-corrected chi connectivity index (χ1v) is 21.0. The number of nitrogens with one attached hydrogen (secondary N) is 2. The van der Waals surface area contributed by atoms with E-state index in [-0.39, 0.29) is 33.7 Å². The molecule has 24 heteroatoms. The highest BCUT2D eigenvalue weighted by Gasteiger charge is 2.67. The van der Waals surface area contributed by atoms with Crippen LogP contribution in [0, 0.1) is 23.4 Å². The van der Waals surface area contributed by atoms with Crippen LogP contribution in [0.1, 0.15) is 66.0 Å². The molecule has 0 saturated heterocycles. The van der Waals surface area contributed by atoms with Gasteiger partial charge >= 0.3 is 0 Å². The van der Waals surface area contributed by atoms with E-state index < -0.39 is 145 Å². The Hall–Kier alpha value is -5.84. The van der Waals surface area contributed by atoms with Gasteiger partial charge in [0, 0.05) is 36.1 Å². The van der Waals surface area contributed by atoms with Crippen molar-refractivity contribution >= 4 is 55.2 Å². The lowest BCUT2D eigenvalue weighted by Crippen LogP contribution is -2.38. The summed E-state index contributed by atoms with van der Waals surface area (Å²) in [6, 6.07) is 4.69. The summed E-state index contributed by atoms with van der Waals surface area (Å²) in [4.78, 5) is 33.4. The number of ether oxygens (including phenoxy) is 1. The van der Waals surface area contributed by atoms with E-state index in [0.29, 0.717) is 32.8 Å². The molecular formula is C39H30ClF9N8O5S. The smallest absolute Gasteiger partial charge is 0.293 e. The Morgan fingerprint density at radius 1 is 1.00 bits per heavy atom. The Morgan fingerprint density at radius 2 is 1.71 bits per heavy atom. The van der Waals surface area contributed by atoms with Crippen LogP contribution in [0.4, 0.5) is 45.3 Å². The van der Waals surface area contributed by atoms with Gasteiger partial charge in [0.15, 0.2) is 5.82 Å². The second-order valence-corrected chi connectivity index (χ2v) is 17.8. The quantitative estimate of drug-likeness (QED) is 0.107. The van der Waals surface area contributed by atoms with Gasteiger partial charge in [-0.2, -0.15) is 19.0 Å². The molecule has 3 aliphatic rings. The predicted molar refractivity (Wildman–Crippen MR) is 207 cm³/mol. The van der Waals surface area contributed by atoms with Crippen LogP contribution in [0.5, 0.6) is 5.75 Å². The Balaban J connectivity index is 1.27. The molecule has 13 nitrogen and oxygen atoms in total. The van der Waals surface area contributed by atoms with Gasteiger partial charge in [-0.1, -0.05) is 11.6 Å². The molecular weight excluding hydrogens is 899 g/mol. The molecule has 2 saturated carbocycles. The third kappa shape index (κ3) is 7.40. The van der Waals surface area contributed by atoms with E-state index in [9.17, 15) is 44.3 Å². The normalized spacial score (nSPS) is 18.3. The predicted octanol–water partition coefficient (Wildman–Crippen LogP) is 7.43. The van der Waals surface area contributed by atoms with Gasteiger partial charge in [-0.3, -0.25) is 28.2 Å². The minimum atomic E-state index is -4.13. The van der Waals surface area contributed by atoms with Gasteiger partial charge in [-0.05, 0) is 55.0 Å². The number of sulfonamides is 1. The van der Waals surface area contributed by atoms with E-state index in [0.717, 1.165) is 36.4 Å². The molecule has 2 fully saturated rings. The Labute approximate surface area is 353 Å². The van der Waals surface area contributed by atoms with Crippen molar-refractivity contribution in [3.8, 4) is 11.4 Å². The highest BCUT2D eigenvalue weighted by Crippen LogP contribution is 2.68. The maximum absolute atomic E-state index is 15.9. The lowest BCUT2D eigenvalue weighted by Gasteiger charge is -2.24. The first kappa shape index (κ1) is 42.5. The zero-order valence-electron chi connectivity index (χ0n) is 32.2. The van der Waals surface area contributed by atoms with Crippen molar-refractivity contribution < 1.29 is 57.5 Å². The molecule has 0 spiro atoms. The number of methoxy groups -OCH3 is 1. The largest absolute Gasteiger partial charge is 0.497 e. The molecule has 3 heterocycles. The molecule has 0 unspecified atom stereocenters. The number of carbonyl (C=O) groups excluding carboxylic acids is 1. The summed E-state index contributed by atoms with van der Waals surface area (Å²) in [7, 11) is -2.95. The second-order valence-electron chi connectivity index (χ2n) is 15.5. The van der Waals surface area contributed by atoms with Gasteiger partial charge in [0.1, 0.15) is 58.9 Å². The summed E-state index contributed by atoms with van der Waals surface area (Å²) in [5, 5.41) is 8.14. The van der Waals surface area contributed by atoms with Gasteiger partial charge in [-0.25, -0.2) is 44.1 Å². The number of amides is 1. The maximum Gasteiger partial charge on any atom is 0.293 e. The van der Waals surface area contributed by atoms with Crippen molar-refractivity contribution in [2.75, 3.05) is 11.8 Å². The minimum Gasteiger partial charge on any atom is -0.497 e. The average Bonchev–Trinajstić information content (AvgIpc) is 4.11. The van der Waals surface area contributed by atoms with Crippen molar-refractivity contribution in [1.82, 2.24) is 34.4 Å². The number of carbonyl (C=O) groups is 1. The van der Waals surface area contributed by atoms with Crippen LogP contribution in [0.25, 0.3) is 27.5 Å². The SMILES string of the molecule is COc1cc(F)c2c(=O)n(-c3ccc(Cl)c4c(NS(=O)(=O)C5CC5)nn(CC(F)F)c34)c([C@H](Cc3cc(F)cc(F)c3)NC(=O)Cn3nc(C(F)F)c4c3C(F)(F)[C@@H]3C[C@H]43)nc2c1.